The standard InChI is InChI=1S/C19H15N9O5S3/c20-1-3-33-24-11(14-23-19(21)36-25-14)15(29)22-12-16(30)28-13(18(31)32)9(7-35-17(12)28)5-26-6-10-27(8-26)2-4-34-10/h2,4,6,8,12,17H,3,5,7H2,(H3-,21,22,23,25,29,31,32)/b24-11-/t12-,17-/m1/s1. The highest BCUT2D eigenvalue weighted by Crippen LogP contribution is 2.40. The van der Waals surface area contributed by atoms with Crippen LogP contribution in [0.15, 0.2) is 40.5 Å². The number of carbonyl (C=O) groups is 3. The summed E-state index contributed by atoms with van der Waals surface area (Å²) < 4.78 is 7.67. The van der Waals surface area contributed by atoms with E-state index in [2.05, 4.69) is 19.8 Å². The Bertz CT molecular complexity index is 1450. The molecule has 0 radical (unpaired) electrons. The highest BCUT2D eigenvalue weighted by atomic mass is 32.2. The molecule has 184 valence electrons. The van der Waals surface area contributed by atoms with E-state index in [4.69, 9.17) is 15.8 Å². The summed E-state index contributed by atoms with van der Waals surface area (Å²) in [6.45, 7) is -0.159. The van der Waals surface area contributed by atoms with E-state index in [1.165, 1.54) is 11.8 Å². The number of nitrogens with zero attached hydrogens (tertiary/aromatic N) is 7. The van der Waals surface area contributed by atoms with Crippen molar-refractivity contribution in [2.75, 3.05) is 18.1 Å². The first kappa shape index (κ1) is 23.7. The topological polar surface area (TPSA) is 195 Å². The predicted molar refractivity (Wildman–Crippen MR) is 125 cm³/mol. The van der Waals surface area contributed by atoms with Crippen molar-refractivity contribution in [3.8, 4) is 6.07 Å². The van der Waals surface area contributed by atoms with Gasteiger partial charge in [0.05, 0.1) is 11.7 Å². The van der Waals surface area contributed by atoms with Crippen LogP contribution < -0.4 is 20.7 Å². The number of hydrogen-bond acceptors (Lipinski definition) is 13. The Labute approximate surface area is 214 Å². The summed E-state index contributed by atoms with van der Waals surface area (Å²) in [7, 11) is 0. The summed E-state index contributed by atoms with van der Waals surface area (Å²) in [5, 5.41) is 28.2. The first-order valence-corrected chi connectivity index (χ1v) is 12.9. The second kappa shape index (κ2) is 9.56. The van der Waals surface area contributed by atoms with Crippen LogP contribution in [0.4, 0.5) is 5.13 Å². The summed E-state index contributed by atoms with van der Waals surface area (Å²) >= 11 is 3.69. The van der Waals surface area contributed by atoms with Gasteiger partial charge in [-0.25, -0.2) is 4.57 Å². The lowest BCUT2D eigenvalue weighted by Gasteiger charge is -2.50. The number of aromatic nitrogens is 4. The molecule has 1 saturated heterocycles. The van der Waals surface area contributed by atoms with Crippen LogP contribution in [-0.2, 0) is 25.8 Å². The van der Waals surface area contributed by atoms with Crippen LogP contribution in [0.5, 0.6) is 0 Å². The number of rotatable bonds is 8. The molecule has 0 aromatic carbocycles. The lowest BCUT2D eigenvalue weighted by Crippen LogP contribution is -2.71. The molecule has 0 spiro atoms. The number of carboxylic acid groups (broad SMARTS) is 1. The highest BCUT2D eigenvalue weighted by molar-refractivity contribution is 8.00. The molecule has 36 heavy (non-hydrogen) atoms. The summed E-state index contributed by atoms with van der Waals surface area (Å²) in [5.74, 6) is -2.72. The second-order valence-electron chi connectivity index (χ2n) is 7.49. The lowest BCUT2D eigenvalue weighted by atomic mass is 10.0. The maximum absolute atomic E-state index is 13.0. The molecule has 5 heterocycles. The van der Waals surface area contributed by atoms with Crippen molar-refractivity contribution >= 4 is 68.1 Å². The average Bonchev–Trinajstić information content (AvgIpc) is 3.56. The molecule has 0 aliphatic carbocycles. The molecule has 3 aromatic rings. The lowest BCUT2D eigenvalue weighted by molar-refractivity contribution is -0.687. The van der Waals surface area contributed by atoms with Gasteiger partial charge in [0.15, 0.2) is 5.13 Å². The van der Waals surface area contributed by atoms with Crippen LogP contribution in [0.3, 0.4) is 0 Å². The minimum atomic E-state index is -1.47. The molecule has 3 aromatic heterocycles. The first-order valence-electron chi connectivity index (χ1n) is 10.2. The number of carbonyl (C=O) groups excluding carboxylic acids is 3. The number of nitrogens with two attached hydrogens (primary N) is 1. The second-order valence-corrected chi connectivity index (χ2v) is 10.3. The Balaban J connectivity index is 1.34. The smallest absolute Gasteiger partial charge is 0.278 e. The number of fused-ring (bicyclic) bond motifs is 2. The number of anilines is 1. The van der Waals surface area contributed by atoms with Gasteiger partial charge in [-0.1, -0.05) is 16.5 Å². The van der Waals surface area contributed by atoms with E-state index >= 15 is 0 Å². The van der Waals surface area contributed by atoms with Crippen LogP contribution >= 0.6 is 34.6 Å². The van der Waals surface area contributed by atoms with E-state index in [-0.39, 0.29) is 28.9 Å². The highest BCUT2D eigenvalue weighted by Gasteiger charge is 2.53. The van der Waals surface area contributed by atoms with Crippen molar-refractivity contribution in [2.45, 2.75) is 18.0 Å². The van der Waals surface area contributed by atoms with Gasteiger partial charge in [0.25, 0.3) is 11.8 Å². The molecule has 2 amide bonds. The van der Waals surface area contributed by atoms with Crippen LogP contribution in [-0.4, -0.2) is 65.9 Å². The third kappa shape index (κ3) is 4.25. The molecule has 3 N–H and O–H groups in total. The van der Waals surface area contributed by atoms with Crippen molar-refractivity contribution in [1.82, 2.24) is 24.0 Å². The van der Waals surface area contributed by atoms with E-state index in [1.807, 2.05) is 33.1 Å². The summed E-state index contributed by atoms with van der Waals surface area (Å²) in [6, 6.07) is 0.687. The van der Waals surface area contributed by atoms with Crippen LogP contribution in [0.25, 0.3) is 4.83 Å². The molecule has 0 bridgehead atoms. The molecule has 0 saturated carbocycles. The number of oxime groups is 1. The molecule has 2 atom stereocenters. The SMILES string of the molecule is N#CCO/N=C(\C(=O)N[C@@H]1C(=O)N2C(C(=O)[O-])=C(C[n+]3cc4sccn4c3)CS[C@H]12)c1nsc(N)n1. The molecular weight excluding hydrogens is 530 g/mol. The van der Waals surface area contributed by atoms with Crippen molar-refractivity contribution in [3.05, 3.63) is 41.2 Å². The van der Waals surface area contributed by atoms with E-state index < -0.39 is 35.8 Å². The van der Waals surface area contributed by atoms with Crippen molar-refractivity contribution < 1.29 is 28.9 Å². The van der Waals surface area contributed by atoms with Gasteiger partial charge in [0.1, 0.15) is 36.4 Å². The van der Waals surface area contributed by atoms with Crippen molar-refractivity contribution in [3.63, 3.8) is 0 Å². The molecule has 2 aliphatic heterocycles. The van der Waals surface area contributed by atoms with Gasteiger partial charge in [0, 0.05) is 28.2 Å². The molecule has 0 unspecified atom stereocenters. The Morgan fingerprint density at radius 2 is 2.31 bits per heavy atom. The Morgan fingerprint density at radius 3 is 3.00 bits per heavy atom. The number of thioether (sulfide) groups is 1. The molecule has 5 rings (SSSR count). The number of nitrogen functional groups attached to an aromatic ring is 1. The number of nitriles is 1. The molecular formula is C19H15N9O5S3. The Kier molecular flexibility index (Phi) is 6.30. The minimum Gasteiger partial charge on any atom is -0.543 e. The van der Waals surface area contributed by atoms with Crippen molar-refractivity contribution in [1.29, 1.82) is 5.26 Å². The summed E-state index contributed by atoms with van der Waals surface area (Å²) in [6.07, 6.45) is 5.61. The average molecular weight is 546 g/mol. The maximum atomic E-state index is 13.0. The Morgan fingerprint density at radius 1 is 1.47 bits per heavy atom. The molecule has 2 aliphatic rings. The fourth-order valence-electron chi connectivity index (χ4n) is 3.78. The number of nitrogens with one attached hydrogen (secondary N) is 1. The predicted octanol–water partition coefficient (Wildman–Crippen LogP) is -1.93. The van der Waals surface area contributed by atoms with E-state index in [0.29, 0.717) is 11.3 Å². The Hall–Kier alpha value is -4.01. The van der Waals surface area contributed by atoms with Gasteiger partial charge in [-0.05, 0) is 0 Å². The molecule has 17 heteroatoms. The largest absolute Gasteiger partial charge is 0.543 e. The van der Waals surface area contributed by atoms with Gasteiger partial charge >= 0.3 is 0 Å². The number of aliphatic carboxylic acids is 1. The number of thiazole rings is 1. The monoisotopic (exact) mass is 545 g/mol. The van der Waals surface area contributed by atoms with Crippen LogP contribution in [0.1, 0.15) is 5.82 Å². The number of imidazole rings is 1. The zero-order chi connectivity index (χ0) is 25.4. The van der Waals surface area contributed by atoms with Crippen LogP contribution in [0, 0.1) is 11.3 Å². The first-order chi connectivity index (χ1) is 17.4. The number of β-lactam (4-membered cyclic amide) rings is 1. The van der Waals surface area contributed by atoms with Gasteiger partial charge in [0.2, 0.25) is 29.3 Å². The van der Waals surface area contributed by atoms with E-state index in [9.17, 15) is 19.5 Å². The normalized spacial score (nSPS) is 19.6. The molecule has 1 fully saturated rings. The van der Waals surface area contributed by atoms with E-state index in [1.54, 1.807) is 17.4 Å². The number of carboxylic acids is 1. The zero-order valence-corrected chi connectivity index (χ0v) is 20.5. The summed E-state index contributed by atoms with van der Waals surface area (Å²) in [5.41, 5.74) is 5.53. The zero-order valence-electron chi connectivity index (χ0n) is 18.1. The van der Waals surface area contributed by atoms with Gasteiger partial charge in [-0.2, -0.15) is 19.0 Å². The molecule has 14 nitrogen and oxygen atoms in total. The summed E-state index contributed by atoms with van der Waals surface area (Å²) in [4.78, 5) is 48.7. The quantitative estimate of drug-likeness (QED) is 0.106. The van der Waals surface area contributed by atoms with Gasteiger partial charge in [-0.3, -0.25) is 14.5 Å². The number of hydrogen-bond donors (Lipinski definition) is 2. The maximum Gasteiger partial charge on any atom is 0.278 e. The fourth-order valence-corrected chi connectivity index (χ4v) is 6.31. The number of amides is 2. The van der Waals surface area contributed by atoms with Gasteiger partial charge < -0.3 is 25.8 Å². The van der Waals surface area contributed by atoms with Crippen LogP contribution in [0.2, 0.25) is 0 Å². The van der Waals surface area contributed by atoms with E-state index in [0.717, 1.165) is 21.3 Å². The third-order valence-electron chi connectivity index (χ3n) is 5.27. The fraction of sp³-hybridized carbons (Fsp3) is 0.263. The minimum absolute atomic E-state index is 0.0803. The van der Waals surface area contributed by atoms with Crippen molar-refractivity contribution in [2.24, 2.45) is 5.16 Å². The third-order valence-corrected chi connectivity index (χ3v) is 7.97. The van der Waals surface area contributed by atoms with Gasteiger partial charge in [-0.15, -0.1) is 11.8 Å².